The summed E-state index contributed by atoms with van der Waals surface area (Å²) in [6.45, 7) is 3.96. The van der Waals surface area contributed by atoms with Crippen LogP contribution in [-0.4, -0.2) is 16.5 Å². The van der Waals surface area contributed by atoms with Gasteiger partial charge in [0.15, 0.2) is 0 Å². The zero-order chi connectivity index (χ0) is 15.1. The molecule has 0 aliphatic carbocycles. The van der Waals surface area contributed by atoms with Gasteiger partial charge in [-0.05, 0) is 26.0 Å². The first-order valence-electron chi connectivity index (χ1n) is 6.92. The van der Waals surface area contributed by atoms with Crippen molar-refractivity contribution in [3.05, 3.63) is 53.5 Å². The number of nitrogens with one attached hydrogen (secondary N) is 1. The van der Waals surface area contributed by atoms with Crippen LogP contribution in [0.1, 0.15) is 36.3 Å². The van der Waals surface area contributed by atoms with Crippen molar-refractivity contribution < 1.29 is 4.39 Å². The second-order valence-electron chi connectivity index (χ2n) is 4.69. The molecule has 1 heterocycles. The lowest BCUT2D eigenvalue weighted by Gasteiger charge is -2.10. The molecule has 0 saturated heterocycles. The van der Waals surface area contributed by atoms with Gasteiger partial charge in [0.2, 0.25) is 0 Å². The number of aromatic nitrogens is 2. The van der Waals surface area contributed by atoms with Gasteiger partial charge in [0, 0.05) is 24.1 Å². The van der Waals surface area contributed by atoms with Crippen LogP contribution >= 0.6 is 0 Å². The van der Waals surface area contributed by atoms with Gasteiger partial charge in [-0.1, -0.05) is 30.0 Å². The lowest BCUT2D eigenvalue weighted by atomic mass is 10.2. The van der Waals surface area contributed by atoms with Gasteiger partial charge in [-0.3, -0.25) is 0 Å². The first-order chi connectivity index (χ1) is 10.2. The van der Waals surface area contributed by atoms with Gasteiger partial charge in [0.05, 0.1) is 5.69 Å². The molecule has 0 saturated carbocycles. The van der Waals surface area contributed by atoms with Crippen LogP contribution in [0.2, 0.25) is 0 Å². The minimum absolute atomic E-state index is 0.433. The van der Waals surface area contributed by atoms with E-state index in [1.54, 1.807) is 0 Å². The van der Waals surface area contributed by atoms with Gasteiger partial charge < -0.3 is 5.32 Å². The summed E-state index contributed by atoms with van der Waals surface area (Å²) in [6.07, 6.45) is 0.987. The Morgan fingerprint density at radius 2 is 2.00 bits per heavy atom. The van der Waals surface area contributed by atoms with E-state index < -0.39 is 6.17 Å². The number of hydrogen-bond acceptors (Lipinski definition) is 3. The van der Waals surface area contributed by atoms with Gasteiger partial charge in [-0.25, -0.2) is 14.4 Å². The Kier molecular flexibility index (Phi) is 5.28. The van der Waals surface area contributed by atoms with Crippen LogP contribution < -0.4 is 5.32 Å². The van der Waals surface area contributed by atoms with Crippen molar-refractivity contribution in [2.75, 3.05) is 11.9 Å². The summed E-state index contributed by atoms with van der Waals surface area (Å²) in [4.78, 5) is 8.11. The van der Waals surface area contributed by atoms with E-state index in [9.17, 15) is 4.39 Å². The SMILES string of the molecule is Cc1c(NCCC#Cc2ccccc2)ncnc1C(C)F. The normalized spacial score (nSPS) is 11.4. The highest BCUT2D eigenvalue weighted by Gasteiger charge is 2.11. The number of nitrogens with zero attached hydrogens (tertiary/aromatic N) is 2. The van der Waals surface area contributed by atoms with E-state index in [1.807, 2.05) is 37.3 Å². The quantitative estimate of drug-likeness (QED) is 0.687. The highest BCUT2D eigenvalue weighted by atomic mass is 19.1. The van der Waals surface area contributed by atoms with Crippen molar-refractivity contribution in [1.82, 2.24) is 9.97 Å². The number of alkyl halides is 1. The lowest BCUT2D eigenvalue weighted by molar-refractivity contribution is 0.364. The van der Waals surface area contributed by atoms with Crippen molar-refractivity contribution >= 4 is 5.82 Å². The molecular weight excluding hydrogens is 265 g/mol. The van der Waals surface area contributed by atoms with Crippen molar-refractivity contribution in [3.8, 4) is 11.8 Å². The molecule has 1 unspecified atom stereocenters. The summed E-state index contributed by atoms with van der Waals surface area (Å²) in [5.41, 5.74) is 2.19. The molecule has 0 spiro atoms. The molecule has 0 fully saturated rings. The Bertz CT molecular complexity index is 642. The third kappa shape index (κ3) is 4.28. The topological polar surface area (TPSA) is 37.8 Å². The van der Waals surface area contributed by atoms with E-state index in [4.69, 9.17) is 0 Å². The zero-order valence-electron chi connectivity index (χ0n) is 12.2. The summed E-state index contributed by atoms with van der Waals surface area (Å²) in [5, 5.41) is 3.17. The molecule has 1 atom stereocenters. The predicted molar refractivity (Wildman–Crippen MR) is 82.7 cm³/mol. The second kappa shape index (κ2) is 7.39. The van der Waals surface area contributed by atoms with Gasteiger partial charge >= 0.3 is 0 Å². The largest absolute Gasteiger partial charge is 0.369 e. The maximum Gasteiger partial charge on any atom is 0.140 e. The van der Waals surface area contributed by atoms with E-state index >= 15 is 0 Å². The van der Waals surface area contributed by atoms with E-state index in [0.29, 0.717) is 24.5 Å². The first-order valence-corrected chi connectivity index (χ1v) is 6.92. The number of halogens is 1. The fourth-order valence-electron chi connectivity index (χ4n) is 1.97. The molecule has 0 radical (unpaired) electrons. The Morgan fingerprint density at radius 3 is 2.71 bits per heavy atom. The third-order valence-corrected chi connectivity index (χ3v) is 3.05. The molecule has 1 N–H and O–H groups in total. The number of hydrogen-bond donors (Lipinski definition) is 1. The van der Waals surface area contributed by atoms with Crippen LogP contribution in [0.15, 0.2) is 36.7 Å². The highest BCUT2D eigenvalue weighted by molar-refractivity contribution is 5.45. The van der Waals surface area contributed by atoms with Gasteiger partial charge in [0.1, 0.15) is 18.3 Å². The lowest BCUT2D eigenvalue weighted by Crippen LogP contribution is -2.07. The summed E-state index contributed by atoms with van der Waals surface area (Å²) in [6, 6.07) is 9.85. The van der Waals surface area contributed by atoms with Crippen molar-refractivity contribution in [2.24, 2.45) is 0 Å². The molecule has 0 amide bonds. The van der Waals surface area contributed by atoms with E-state index in [0.717, 1.165) is 11.1 Å². The number of rotatable bonds is 4. The van der Waals surface area contributed by atoms with Crippen LogP contribution in [0.4, 0.5) is 10.2 Å². The molecule has 1 aromatic heterocycles. The van der Waals surface area contributed by atoms with E-state index in [-0.39, 0.29) is 0 Å². The molecule has 108 valence electrons. The summed E-state index contributed by atoms with van der Waals surface area (Å²) < 4.78 is 13.4. The fourth-order valence-corrected chi connectivity index (χ4v) is 1.97. The second-order valence-corrected chi connectivity index (χ2v) is 4.69. The minimum Gasteiger partial charge on any atom is -0.369 e. The monoisotopic (exact) mass is 283 g/mol. The van der Waals surface area contributed by atoms with Gasteiger partial charge in [0.25, 0.3) is 0 Å². The van der Waals surface area contributed by atoms with Crippen LogP contribution in [0.5, 0.6) is 0 Å². The molecule has 3 nitrogen and oxygen atoms in total. The number of anilines is 1. The third-order valence-electron chi connectivity index (χ3n) is 3.05. The molecule has 0 aliphatic heterocycles. The highest BCUT2D eigenvalue weighted by Crippen LogP contribution is 2.21. The van der Waals surface area contributed by atoms with Gasteiger partial charge in [-0.15, -0.1) is 0 Å². The molecule has 2 rings (SSSR count). The molecule has 0 bridgehead atoms. The standard InChI is InChI=1S/C17H18FN3/c1-13-16(14(2)18)20-12-21-17(13)19-11-7-6-10-15-8-4-3-5-9-15/h3-5,8-9,12,14H,7,11H2,1-2H3,(H,19,20,21). The van der Waals surface area contributed by atoms with Crippen molar-refractivity contribution in [3.63, 3.8) is 0 Å². The Balaban J connectivity index is 1.90. The smallest absolute Gasteiger partial charge is 0.140 e. The average Bonchev–Trinajstić information content (AvgIpc) is 2.49. The molecule has 1 aromatic carbocycles. The molecule has 2 aromatic rings. The molecular formula is C17H18FN3. The molecule has 4 heteroatoms. The van der Waals surface area contributed by atoms with Crippen molar-refractivity contribution in [2.45, 2.75) is 26.4 Å². The average molecular weight is 283 g/mol. The Hall–Kier alpha value is -2.41. The zero-order valence-corrected chi connectivity index (χ0v) is 12.2. The van der Waals surface area contributed by atoms with Crippen molar-refractivity contribution in [1.29, 1.82) is 0 Å². The number of benzene rings is 1. The van der Waals surface area contributed by atoms with Crippen LogP contribution in [0.25, 0.3) is 0 Å². The Morgan fingerprint density at radius 1 is 1.24 bits per heavy atom. The minimum atomic E-state index is -1.09. The first kappa shape index (κ1) is 15.0. The predicted octanol–water partition coefficient (Wildman–Crippen LogP) is 3.67. The van der Waals surface area contributed by atoms with Gasteiger partial charge in [-0.2, -0.15) is 0 Å². The van der Waals surface area contributed by atoms with E-state index in [2.05, 4.69) is 27.1 Å². The maximum atomic E-state index is 13.4. The van der Waals surface area contributed by atoms with Crippen LogP contribution in [0.3, 0.4) is 0 Å². The molecule has 0 aliphatic rings. The van der Waals surface area contributed by atoms with Crippen LogP contribution in [0, 0.1) is 18.8 Å². The summed E-state index contributed by atoms with van der Waals surface area (Å²) in [5.74, 6) is 6.86. The summed E-state index contributed by atoms with van der Waals surface area (Å²) in [7, 11) is 0. The maximum absolute atomic E-state index is 13.4. The van der Waals surface area contributed by atoms with E-state index in [1.165, 1.54) is 13.3 Å². The Labute approximate surface area is 124 Å². The molecule has 21 heavy (non-hydrogen) atoms. The van der Waals surface area contributed by atoms with Crippen LogP contribution in [-0.2, 0) is 0 Å². The fraction of sp³-hybridized carbons (Fsp3) is 0.294. The summed E-state index contributed by atoms with van der Waals surface area (Å²) >= 11 is 0.